The van der Waals surface area contributed by atoms with E-state index in [1.54, 1.807) is 20.8 Å². The van der Waals surface area contributed by atoms with Gasteiger partial charge in [0, 0.05) is 5.54 Å². The Hall–Kier alpha value is 0.870. The summed E-state index contributed by atoms with van der Waals surface area (Å²) in [6.45, 7) is 5.37. The second-order valence-electron chi connectivity index (χ2n) is 3.13. The van der Waals surface area contributed by atoms with Crippen molar-refractivity contribution in [2.75, 3.05) is 5.88 Å². The number of rotatable bonds is 2. The molecule has 0 saturated carbocycles. The van der Waals surface area contributed by atoms with Crippen molar-refractivity contribution in [1.82, 2.24) is 5.32 Å². The Morgan fingerprint density at radius 2 is 1.73 bits per heavy atom. The second kappa shape index (κ2) is 4.79. The van der Waals surface area contributed by atoms with Gasteiger partial charge in [0.05, 0.1) is 5.88 Å². The SMILES string of the molecule is CC(C)(C)NCS(=O)(=O)[O-].[Na+]. The van der Waals surface area contributed by atoms with E-state index in [4.69, 9.17) is 0 Å². The molecule has 0 amide bonds. The van der Waals surface area contributed by atoms with Gasteiger partial charge in [0.1, 0.15) is 10.1 Å². The molecule has 0 aromatic rings. The van der Waals surface area contributed by atoms with Crippen molar-refractivity contribution in [3.63, 3.8) is 0 Å². The fourth-order valence-corrected chi connectivity index (χ4v) is 0.915. The van der Waals surface area contributed by atoms with Crippen LogP contribution in [0.2, 0.25) is 0 Å². The van der Waals surface area contributed by atoms with Gasteiger partial charge in [-0.1, -0.05) is 0 Å². The zero-order valence-electron chi connectivity index (χ0n) is 7.34. The molecule has 0 aliphatic heterocycles. The molecule has 0 fully saturated rings. The summed E-state index contributed by atoms with van der Waals surface area (Å²) in [4.78, 5) is 0. The van der Waals surface area contributed by atoms with Crippen LogP contribution in [0.5, 0.6) is 0 Å². The molecule has 6 heteroatoms. The number of hydrogen-bond acceptors (Lipinski definition) is 4. The van der Waals surface area contributed by atoms with Crippen LogP contribution in [0.1, 0.15) is 20.8 Å². The summed E-state index contributed by atoms with van der Waals surface area (Å²) < 4.78 is 30.2. The third kappa shape index (κ3) is 13.8. The molecule has 0 spiro atoms. The maximum atomic E-state index is 10.1. The van der Waals surface area contributed by atoms with E-state index in [2.05, 4.69) is 5.32 Å². The van der Waals surface area contributed by atoms with Crippen LogP contribution in [0.4, 0.5) is 0 Å². The van der Waals surface area contributed by atoms with Crippen LogP contribution in [0.15, 0.2) is 0 Å². The zero-order chi connectivity index (χ0) is 8.41. The van der Waals surface area contributed by atoms with Crippen LogP contribution >= 0.6 is 0 Å². The molecule has 0 bridgehead atoms. The monoisotopic (exact) mass is 189 g/mol. The zero-order valence-corrected chi connectivity index (χ0v) is 10.2. The third-order valence-corrected chi connectivity index (χ3v) is 1.28. The van der Waals surface area contributed by atoms with Crippen molar-refractivity contribution in [3.05, 3.63) is 0 Å². The first-order chi connectivity index (χ1) is 4.21. The van der Waals surface area contributed by atoms with E-state index < -0.39 is 16.0 Å². The van der Waals surface area contributed by atoms with Gasteiger partial charge in [-0.15, -0.1) is 0 Å². The minimum absolute atomic E-state index is 0. The van der Waals surface area contributed by atoms with Gasteiger partial charge in [0.2, 0.25) is 0 Å². The van der Waals surface area contributed by atoms with Crippen molar-refractivity contribution in [2.45, 2.75) is 26.3 Å². The van der Waals surface area contributed by atoms with Crippen molar-refractivity contribution in [3.8, 4) is 0 Å². The van der Waals surface area contributed by atoms with Crippen molar-refractivity contribution < 1.29 is 42.5 Å². The summed E-state index contributed by atoms with van der Waals surface area (Å²) in [6.07, 6.45) is 0. The van der Waals surface area contributed by atoms with Gasteiger partial charge >= 0.3 is 29.6 Å². The van der Waals surface area contributed by atoms with Crippen LogP contribution in [0, 0.1) is 0 Å². The van der Waals surface area contributed by atoms with Crippen LogP contribution in [0.3, 0.4) is 0 Å². The molecular weight excluding hydrogens is 177 g/mol. The Balaban J connectivity index is 0. The molecule has 0 unspecified atom stereocenters. The molecule has 0 heterocycles. The van der Waals surface area contributed by atoms with Gasteiger partial charge in [0.15, 0.2) is 0 Å². The van der Waals surface area contributed by atoms with Crippen molar-refractivity contribution in [2.24, 2.45) is 0 Å². The fourth-order valence-electron chi connectivity index (χ4n) is 0.305. The Morgan fingerprint density at radius 3 is 1.82 bits per heavy atom. The predicted molar refractivity (Wildman–Crippen MR) is 37.5 cm³/mol. The van der Waals surface area contributed by atoms with E-state index in [-0.39, 0.29) is 35.1 Å². The first-order valence-electron chi connectivity index (χ1n) is 2.89. The molecule has 62 valence electrons. The van der Waals surface area contributed by atoms with Crippen molar-refractivity contribution in [1.29, 1.82) is 0 Å². The Kier molecular flexibility index (Phi) is 6.27. The smallest absolute Gasteiger partial charge is 0.747 e. The van der Waals surface area contributed by atoms with Gasteiger partial charge in [-0.25, -0.2) is 8.42 Å². The Bertz CT molecular complexity index is 194. The van der Waals surface area contributed by atoms with Gasteiger partial charge in [-0.05, 0) is 20.8 Å². The summed E-state index contributed by atoms with van der Waals surface area (Å²) >= 11 is 0. The molecule has 0 atom stereocenters. The topological polar surface area (TPSA) is 69.2 Å². The summed E-state index contributed by atoms with van der Waals surface area (Å²) in [5, 5.41) is 2.56. The first-order valence-corrected chi connectivity index (χ1v) is 4.47. The molecule has 0 aromatic heterocycles. The molecule has 4 nitrogen and oxygen atoms in total. The van der Waals surface area contributed by atoms with Crippen LogP contribution in [-0.4, -0.2) is 24.4 Å². The maximum Gasteiger partial charge on any atom is 1.00 e. The van der Waals surface area contributed by atoms with Gasteiger partial charge < -0.3 is 4.55 Å². The fraction of sp³-hybridized carbons (Fsp3) is 1.00. The molecule has 0 aromatic carbocycles. The van der Waals surface area contributed by atoms with Crippen molar-refractivity contribution >= 4 is 10.1 Å². The molecule has 0 aliphatic rings. The number of nitrogens with one attached hydrogen (secondary N) is 1. The summed E-state index contributed by atoms with van der Waals surface area (Å²) in [5.41, 5.74) is -0.322. The average molecular weight is 189 g/mol. The molecule has 0 radical (unpaired) electrons. The molecule has 0 saturated heterocycles. The van der Waals surface area contributed by atoms with Gasteiger partial charge in [-0.3, -0.25) is 5.32 Å². The van der Waals surface area contributed by atoms with E-state index in [0.29, 0.717) is 0 Å². The van der Waals surface area contributed by atoms with E-state index in [0.717, 1.165) is 0 Å². The minimum Gasteiger partial charge on any atom is -0.747 e. The second-order valence-corrected chi connectivity index (χ2v) is 4.53. The van der Waals surface area contributed by atoms with Gasteiger partial charge in [0.25, 0.3) is 0 Å². The maximum absolute atomic E-state index is 10.1. The summed E-state index contributed by atoms with van der Waals surface area (Å²) in [7, 11) is -4.12. The quantitative estimate of drug-likeness (QED) is 0.368. The van der Waals surface area contributed by atoms with E-state index >= 15 is 0 Å². The minimum atomic E-state index is -4.12. The molecule has 0 rings (SSSR count). The molecular formula is C5H12NNaO3S. The van der Waals surface area contributed by atoms with Crippen LogP contribution in [-0.2, 0) is 10.1 Å². The summed E-state index contributed by atoms with van der Waals surface area (Å²) in [6, 6.07) is 0. The predicted octanol–water partition coefficient (Wildman–Crippen LogP) is -3.12. The molecule has 0 aliphatic carbocycles. The third-order valence-electron chi connectivity index (χ3n) is 0.779. The van der Waals surface area contributed by atoms with E-state index in [1.807, 2.05) is 0 Å². The van der Waals surface area contributed by atoms with E-state index in [9.17, 15) is 13.0 Å². The molecule has 1 N–H and O–H groups in total. The van der Waals surface area contributed by atoms with Crippen LogP contribution in [0.25, 0.3) is 0 Å². The summed E-state index contributed by atoms with van der Waals surface area (Å²) in [5.74, 6) is -0.503. The number of hydrogen-bond donors (Lipinski definition) is 1. The standard InChI is InChI=1S/C5H13NO3S.Na/c1-5(2,3)6-4-10(7,8)9;/h6H,4H2,1-3H3,(H,7,8,9);/q;+1/p-1. The van der Waals surface area contributed by atoms with Gasteiger partial charge in [-0.2, -0.15) is 0 Å². The Morgan fingerprint density at radius 1 is 1.36 bits per heavy atom. The molecule has 11 heavy (non-hydrogen) atoms. The normalized spacial score (nSPS) is 12.4. The van der Waals surface area contributed by atoms with E-state index in [1.165, 1.54) is 0 Å². The Labute approximate surface area is 89.8 Å². The average Bonchev–Trinajstić information content (AvgIpc) is 1.57. The first kappa shape index (κ1) is 14.4. The van der Waals surface area contributed by atoms with Crippen LogP contribution < -0.4 is 34.9 Å². The largest absolute Gasteiger partial charge is 1.00 e.